The van der Waals surface area contributed by atoms with Gasteiger partial charge in [0.2, 0.25) is 0 Å². The molecule has 1 saturated carbocycles. The first-order chi connectivity index (χ1) is 11.8. The monoisotopic (exact) mass is 337 g/mol. The summed E-state index contributed by atoms with van der Waals surface area (Å²) in [6.45, 7) is 0. The number of hydrogen-bond acceptors (Lipinski definition) is 6. The van der Waals surface area contributed by atoms with E-state index in [4.69, 9.17) is 0 Å². The Hall–Kier alpha value is -2.80. The second-order valence-corrected chi connectivity index (χ2v) is 6.42. The van der Waals surface area contributed by atoms with Gasteiger partial charge < -0.3 is 5.32 Å². The summed E-state index contributed by atoms with van der Waals surface area (Å²) in [5.41, 5.74) is 2.04. The number of pyridine rings is 2. The van der Waals surface area contributed by atoms with Crippen molar-refractivity contribution in [3.63, 3.8) is 0 Å². The van der Waals surface area contributed by atoms with Gasteiger partial charge in [-0.3, -0.25) is 15.1 Å². The highest BCUT2D eigenvalue weighted by molar-refractivity contribution is 7.14. The van der Waals surface area contributed by atoms with Crippen molar-refractivity contribution >= 4 is 28.2 Å². The molecule has 2 N–H and O–H groups in total. The fraction of sp³-hybridized carbons (Fsp3) is 0.176. The molecule has 0 unspecified atom stereocenters. The Kier molecular flexibility index (Phi) is 3.92. The highest BCUT2D eigenvalue weighted by Gasteiger charge is 2.21. The zero-order valence-corrected chi connectivity index (χ0v) is 13.6. The third-order valence-electron chi connectivity index (χ3n) is 3.61. The van der Waals surface area contributed by atoms with Crippen LogP contribution in [0.15, 0.2) is 48.1 Å². The lowest BCUT2D eigenvalue weighted by Crippen LogP contribution is -2.12. The van der Waals surface area contributed by atoms with Gasteiger partial charge >= 0.3 is 0 Å². The number of nitrogens with one attached hydrogen (secondary N) is 2. The molecule has 0 radical (unpaired) electrons. The van der Waals surface area contributed by atoms with E-state index in [1.807, 2.05) is 29.6 Å². The molecule has 3 aromatic heterocycles. The Balaban J connectivity index is 1.43. The molecule has 3 heterocycles. The summed E-state index contributed by atoms with van der Waals surface area (Å²) in [4.78, 5) is 25.2. The lowest BCUT2D eigenvalue weighted by molar-refractivity contribution is 0.102. The molecule has 0 saturated heterocycles. The Morgan fingerprint density at radius 3 is 2.75 bits per heavy atom. The SMILES string of the molecule is O=C(Nc1nc(-c2ccccn2)cs1)c1ccc(NC2CC2)nc1. The van der Waals surface area contributed by atoms with Crippen LogP contribution in [0, 0.1) is 0 Å². The van der Waals surface area contributed by atoms with E-state index in [0.29, 0.717) is 16.7 Å². The fourth-order valence-corrected chi connectivity index (χ4v) is 2.88. The summed E-state index contributed by atoms with van der Waals surface area (Å²) in [5.74, 6) is 0.586. The predicted octanol–water partition coefficient (Wildman–Crippen LogP) is 3.43. The molecule has 6 nitrogen and oxygen atoms in total. The lowest BCUT2D eigenvalue weighted by atomic mass is 10.2. The van der Waals surface area contributed by atoms with E-state index in [2.05, 4.69) is 25.6 Å². The summed E-state index contributed by atoms with van der Waals surface area (Å²) in [5, 5.41) is 8.51. The molecule has 0 atom stereocenters. The number of anilines is 2. The molecule has 0 spiro atoms. The van der Waals surface area contributed by atoms with Crippen molar-refractivity contribution < 1.29 is 4.79 Å². The van der Waals surface area contributed by atoms with Gasteiger partial charge in [-0.15, -0.1) is 11.3 Å². The van der Waals surface area contributed by atoms with Crippen LogP contribution >= 0.6 is 11.3 Å². The van der Waals surface area contributed by atoms with Crippen molar-refractivity contribution in [3.05, 3.63) is 53.7 Å². The molecule has 1 aliphatic carbocycles. The van der Waals surface area contributed by atoms with E-state index in [0.717, 1.165) is 17.2 Å². The van der Waals surface area contributed by atoms with Crippen LogP contribution in [0.25, 0.3) is 11.4 Å². The van der Waals surface area contributed by atoms with Crippen LogP contribution in [0.2, 0.25) is 0 Å². The van der Waals surface area contributed by atoms with E-state index in [9.17, 15) is 4.79 Å². The predicted molar refractivity (Wildman–Crippen MR) is 94.2 cm³/mol. The maximum Gasteiger partial charge on any atom is 0.259 e. The fourth-order valence-electron chi connectivity index (χ4n) is 2.18. The smallest absolute Gasteiger partial charge is 0.259 e. The Morgan fingerprint density at radius 1 is 1.12 bits per heavy atom. The number of carbonyl (C=O) groups is 1. The third-order valence-corrected chi connectivity index (χ3v) is 4.36. The van der Waals surface area contributed by atoms with Crippen LogP contribution in [0.3, 0.4) is 0 Å². The van der Waals surface area contributed by atoms with Gasteiger partial charge in [0.15, 0.2) is 5.13 Å². The summed E-state index contributed by atoms with van der Waals surface area (Å²) < 4.78 is 0. The summed E-state index contributed by atoms with van der Waals surface area (Å²) in [6, 6.07) is 9.78. The molecule has 1 amide bonds. The average molecular weight is 337 g/mol. The number of rotatable bonds is 5. The summed E-state index contributed by atoms with van der Waals surface area (Å²) >= 11 is 1.37. The van der Waals surface area contributed by atoms with Crippen LogP contribution in [0.1, 0.15) is 23.2 Å². The largest absolute Gasteiger partial charge is 0.367 e. The molecule has 0 aromatic carbocycles. The summed E-state index contributed by atoms with van der Waals surface area (Å²) in [7, 11) is 0. The second-order valence-electron chi connectivity index (χ2n) is 5.56. The Morgan fingerprint density at radius 2 is 2.04 bits per heavy atom. The van der Waals surface area contributed by atoms with Crippen molar-refractivity contribution in [2.45, 2.75) is 18.9 Å². The maximum atomic E-state index is 12.3. The zero-order valence-electron chi connectivity index (χ0n) is 12.8. The Labute approximate surface area is 143 Å². The highest BCUT2D eigenvalue weighted by Crippen LogP contribution is 2.25. The first-order valence-electron chi connectivity index (χ1n) is 7.69. The molecule has 0 aliphatic heterocycles. The van der Waals surface area contributed by atoms with Crippen LogP contribution in [0.5, 0.6) is 0 Å². The minimum atomic E-state index is -0.220. The minimum Gasteiger partial charge on any atom is -0.367 e. The van der Waals surface area contributed by atoms with E-state index < -0.39 is 0 Å². The molecule has 0 bridgehead atoms. The van der Waals surface area contributed by atoms with Crippen molar-refractivity contribution in [2.75, 3.05) is 10.6 Å². The minimum absolute atomic E-state index is 0.220. The van der Waals surface area contributed by atoms with Crippen LogP contribution in [-0.4, -0.2) is 26.9 Å². The number of aromatic nitrogens is 3. The molecular formula is C17H15N5OS. The quantitative estimate of drug-likeness (QED) is 0.745. The van der Waals surface area contributed by atoms with Gasteiger partial charge in [0.05, 0.1) is 11.3 Å². The van der Waals surface area contributed by atoms with E-state index >= 15 is 0 Å². The summed E-state index contributed by atoms with van der Waals surface area (Å²) in [6.07, 6.45) is 5.67. The van der Waals surface area contributed by atoms with Gasteiger partial charge in [-0.05, 0) is 37.1 Å². The maximum absolute atomic E-state index is 12.3. The van der Waals surface area contributed by atoms with Gasteiger partial charge in [0, 0.05) is 23.8 Å². The average Bonchev–Trinajstić information content (AvgIpc) is 3.31. The molecular weight excluding hydrogens is 322 g/mol. The first-order valence-corrected chi connectivity index (χ1v) is 8.57. The number of thiazole rings is 1. The zero-order chi connectivity index (χ0) is 16.4. The van der Waals surface area contributed by atoms with Crippen molar-refractivity contribution in [3.8, 4) is 11.4 Å². The van der Waals surface area contributed by atoms with Crippen molar-refractivity contribution in [2.24, 2.45) is 0 Å². The number of hydrogen-bond donors (Lipinski definition) is 2. The topological polar surface area (TPSA) is 79.8 Å². The number of carbonyl (C=O) groups excluding carboxylic acids is 1. The molecule has 120 valence electrons. The molecule has 24 heavy (non-hydrogen) atoms. The molecule has 3 aromatic rings. The van der Waals surface area contributed by atoms with Crippen molar-refractivity contribution in [1.82, 2.24) is 15.0 Å². The second kappa shape index (κ2) is 6.37. The van der Waals surface area contributed by atoms with Gasteiger partial charge in [0.1, 0.15) is 11.5 Å². The third kappa shape index (κ3) is 3.41. The van der Waals surface area contributed by atoms with Gasteiger partial charge in [-0.1, -0.05) is 6.07 Å². The normalized spacial score (nSPS) is 13.5. The van der Waals surface area contributed by atoms with Crippen molar-refractivity contribution in [1.29, 1.82) is 0 Å². The highest BCUT2D eigenvalue weighted by atomic mass is 32.1. The molecule has 1 aliphatic rings. The van der Waals surface area contributed by atoms with Gasteiger partial charge in [0.25, 0.3) is 5.91 Å². The van der Waals surface area contributed by atoms with Gasteiger partial charge in [-0.2, -0.15) is 0 Å². The Bertz CT molecular complexity index is 843. The van der Waals surface area contributed by atoms with Crippen LogP contribution < -0.4 is 10.6 Å². The molecule has 1 fully saturated rings. The van der Waals surface area contributed by atoms with Crippen LogP contribution in [-0.2, 0) is 0 Å². The molecule has 7 heteroatoms. The van der Waals surface area contributed by atoms with E-state index in [1.165, 1.54) is 24.2 Å². The van der Waals surface area contributed by atoms with E-state index in [-0.39, 0.29) is 5.91 Å². The van der Waals surface area contributed by atoms with Crippen LogP contribution in [0.4, 0.5) is 10.9 Å². The number of amides is 1. The first kappa shape index (κ1) is 14.8. The van der Waals surface area contributed by atoms with Gasteiger partial charge in [-0.25, -0.2) is 9.97 Å². The standard InChI is InChI=1S/C17H15N5OS/c23-16(11-4-7-15(19-9-11)20-12-5-6-12)22-17-21-14(10-24-17)13-3-1-2-8-18-13/h1-4,7-10,12H,5-6H2,(H,19,20)(H,21,22,23). The number of nitrogens with zero attached hydrogens (tertiary/aromatic N) is 3. The lowest BCUT2D eigenvalue weighted by Gasteiger charge is -2.05. The van der Waals surface area contributed by atoms with E-state index in [1.54, 1.807) is 18.5 Å². The molecule has 4 rings (SSSR count).